The summed E-state index contributed by atoms with van der Waals surface area (Å²) in [5.74, 6) is 1.71. The molecule has 8 nitrogen and oxygen atoms in total. The maximum atomic E-state index is 12.6. The molecule has 1 aromatic carbocycles. The van der Waals surface area contributed by atoms with Crippen LogP contribution in [0.2, 0.25) is 0 Å². The molecule has 1 saturated heterocycles. The number of carbonyl (C=O) groups is 2. The summed E-state index contributed by atoms with van der Waals surface area (Å²) in [5, 5.41) is 3.88. The Balaban J connectivity index is 1.54. The van der Waals surface area contributed by atoms with Gasteiger partial charge in [-0.3, -0.25) is 9.59 Å². The molecular weight excluding hydrogens is 388 g/mol. The molecule has 0 unspecified atom stereocenters. The van der Waals surface area contributed by atoms with Crippen LogP contribution in [0.3, 0.4) is 0 Å². The number of hydrogen-bond acceptors (Lipinski definition) is 7. The molecule has 0 radical (unpaired) electrons. The summed E-state index contributed by atoms with van der Waals surface area (Å²) < 4.78 is 21.6. The van der Waals surface area contributed by atoms with Crippen LogP contribution in [0.4, 0.5) is 0 Å². The Hall–Kier alpha value is -2.87. The number of Topliss-reactive ketones (excluding diaryl/α,β-unsaturated/α-hetero) is 1. The predicted molar refractivity (Wildman–Crippen MR) is 109 cm³/mol. The lowest BCUT2D eigenvalue weighted by atomic mass is 9.96. The van der Waals surface area contributed by atoms with E-state index < -0.39 is 0 Å². The lowest BCUT2D eigenvalue weighted by Gasteiger charge is -2.24. The van der Waals surface area contributed by atoms with E-state index in [1.54, 1.807) is 36.2 Å². The number of nitrogens with zero attached hydrogens (tertiary/aromatic N) is 2. The number of ether oxygens (including phenoxy) is 3. The topological polar surface area (TPSA) is 91.1 Å². The van der Waals surface area contributed by atoms with E-state index >= 15 is 0 Å². The zero-order valence-electron chi connectivity index (χ0n) is 17.7. The van der Waals surface area contributed by atoms with Crippen LogP contribution in [-0.2, 0) is 11.3 Å². The van der Waals surface area contributed by atoms with Gasteiger partial charge in [0.15, 0.2) is 28.7 Å². The molecule has 2 aromatic rings. The van der Waals surface area contributed by atoms with Gasteiger partial charge in [0, 0.05) is 38.4 Å². The molecule has 1 aliphatic heterocycles. The maximum absolute atomic E-state index is 12.6. The van der Waals surface area contributed by atoms with E-state index in [1.807, 2.05) is 0 Å². The Labute approximate surface area is 176 Å². The van der Waals surface area contributed by atoms with Gasteiger partial charge in [-0.25, -0.2) is 0 Å². The van der Waals surface area contributed by atoms with Crippen molar-refractivity contribution in [2.45, 2.75) is 32.8 Å². The molecule has 8 heteroatoms. The number of benzene rings is 1. The number of carbonyl (C=O) groups excluding carboxylic acids is 2. The quantitative estimate of drug-likeness (QED) is 0.579. The number of aromatic nitrogens is 1. The third-order valence-corrected chi connectivity index (χ3v) is 5.28. The van der Waals surface area contributed by atoms with Crippen molar-refractivity contribution < 1.29 is 28.3 Å². The molecule has 2 heterocycles. The summed E-state index contributed by atoms with van der Waals surface area (Å²) in [4.78, 5) is 25.8. The van der Waals surface area contributed by atoms with E-state index in [-0.39, 0.29) is 24.0 Å². The van der Waals surface area contributed by atoms with Crippen molar-refractivity contribution in [1.82, 2.24) is 10.1 Å². The SMILES string of the molecule is COc1cc(C(C)=O)ccc1OCc1cc(C(=O)N(C)CCC2CCOCC2)no1. The van der Waals surface area contributed by atoms with Gasteiger partial charge in [-0.1, -0.05) is 5.16 Å². The second-order valence-electron chi connectivity index (χ2n) is 7.46. The fourth-order valence-electron chi connectivity index (χ4n) is 3.34. The average molecular weight is 416 g/mol. The van der Waals surface area contributed by atoms with Gasteiger partial charge in [-0.15, -0.1) is 0 Å². The molecule has 0 bridgehead atoms. The summed E-state index contributed by atoms with van der Waals surface area (Å²) in [6.45, 7) is 3.85. The molecule has 0 aliphatic carbocycles. The monoisotopic (exact) mass is 416 g/mol. The Bertz CT molecular complexity index is 872. The van der Waals surface area contributed by atoms with Crippen molar-refractivity contribution in [3.05, 3.63) is 41.3 Å². The van der Waals surface area contributed by atoms with Crippen molar-refractivity contribution in [3.8, 4) is 11.5 Å². The highest BCUT2D eigenvalue weighted by atomic mass is 16.5. The van der Waals surface area contributed by atoms with Crippen LogP contribution in [-0.4, -0.2) is 55.7 Å². The van der Waals surface area contributed by atoms with Crippen LogP contribution in [0.5, 0.6) is 11.5 Å². The number of amides is 1. The van der Waals surface area contributed by atoms with E-state index in [0.29, 0.717) is 35.3 Å². The highest BCUT2D eigenvalue weighted by Gasteiger charge is 2.20. The first-order chi connectivity index (χ1) is 14.5. The largest absolute Gasteiger partial charge is 0.493 e. The first-order valence-corrected chi connectivity index (χ1v) is 10.1. The molecule has 0 N–H and O–H groups in total. The standard InChI is InChI=1S/C22H28N2O6/c1-15(25)17-4-5-20(21(12-17)27-3)29-14-18-13-19(23-30-18)22(26)24(2)9-6-16-7-10-28-11-8-16/h4-5,12-13,16H,6-11,14H2,1-3H3. The molecule has 1 aromatic heterocycles. The van der Waals surface area contributed by atoms with Gasteiger partial charge < -0.3 is 23.6 Å². The third-order valence-electron chi connectivity index (χ3n) is 5.28. The highest BCUT2D eigenvalue weighted by Crippen LogP contribution is 2.29. The number of hydrogen-bond donors (Lipinski definition) is 0. The van der Waals surface area contributed by atoms with Gasteiger partial charge in [-0.2, -0.15) is 0 Å². The molecule has 0 spiro atoms. The molecule has 0 atom stereocenters. The fraction of sp³-hybridized carbons (Fsp3) is 0.500. The third kappa shape index (κ3) is 5.60. The van der Waals surface area contributed by atoms with Gasteiger partial charge in [-0.05, 0) is 50.3 Å². The molecular formula is C22H28N2O6. The lowest BCUT2D eigenvalue weighted by molar-refractivity contribution is 0.0581. The summed E-state index contributed by atoms with van der Waals surface area (Å²) >= 11 is 0. The second kappa shape index (κ2) is 10.2. The first kappa shape index (κ1) is 21.8. The molecule has 1 fully saturated rings. The predicted octanol–water partition coefficient (Wildman–Crippen LogP) is 3.35. The smallest absolute Gasteiger partial charge is 0.275 e. The van der Waals surface area contributed by atoms with Crippen LogP contribution >= 0.6 is 0 Å². The minimum atomic E-state index is -0.180. The minimum absolute atomic E-state index is 0.0563. The van der Waals surface area contributed by atoms with Crippen LogP contribution in [0.1, 0.15) is 52.8 Å². The van der Waals surface area contributed by atoms with Crippen LogP contribution < -0.4 is 9.47 Å². The van der Waals surface area contributed by atoms with E-state index in [4.69, 9.17) is 18.7 Å². The van der Waals surface area contributed by atoms with E-state index in [0.717, 1.165) is 32.5 Å². The van der Waals surface area contributed by atoms with Crippen molar-refractivity contribution in [2.75, 3.05) is 33.9 Å². The minimum Gasteiger partial charge on any atom is -0.493 e. The Morgan fingerprint density at radius 3 is 2.67 bits per heavy atom. The van der Waals surface area contributed by atoms with E-state index in [9.17, 15) is 9.59 Å². The summed E-state index contributed by atoms with van der Waals surface area (Å²) in [5.41, 5.74) is 0.789. The molecule has 30 heavy (non-hydrogen) atoms. The Morgan fingerprint density at radius 2 is 1.97 bits per heavy atom. The maximum Gasteiger partial charge on any atom is 0.275 e. The van der Waals surface area contributed by atoms with E-state index in [1.165, 1.54) is 14.0 Å². The highest BCUT2D eigenvalue weighted by molar-refractivity contribution is 5.94. The Kier molecular flexibility index (Phi) is 7.46. The fourth-order valence-corrected chi connectivity index (χ4v) is 3.34. The van der Waals surface area contributed by atoms with Gasteiger partial charge >= 0.3 is 0 Å². The van der Waals surface area contributed by atoms with Crippen molar-refractivity contribution in [1.29, 1.82) is 0 Å². The summed E-state index contributed by atoms with van der Waals surface area (Å²) in [7, 11) is 3.28. The Morgan fingerprint density at radius 1 is 1.20 bits per heavy atom. The molecule has 0 saturated carbocycles. The van der Waals surface area contributed by atoms with Gasteiger partial charge in [0.25, 0.3) is 5.91 Å². The normalized spacial score (nSPS) is 14.4. The molecule has 162 valence electrons. The van der Waals surface area contributed by atoms with Crippen molar-refractivity contribution in [2.24, 2.45) is 5.92 Å². The van der Waals surface area contributed by atoms with Gasteiger partial charge in [0.05, 0.1) is 7.11 Å². The zero-order chi connectivity index (χ0) is 21.5. The van der Waals surface area contributed by atoms with Crippen LogP contribution in [0, 0.1) is 5.92 Å². The molecule has 1 amide bonds. The summed E-state index contributed by atoms with van der Waals surface area (Å²) in [6, 6.07) is 6.55. The van der Waals surface area contributed by atoms with Crippen LogP contribution in [0.25, 0.3) is 0 Å². The molecule has 3 rings (SSSR count). The van der Waals surface area contributed by atoms with Crippen LogP contribution in [0.15, 0.2) is 28.8 Å². The van der Waals surface area contributed by atoms with Crippen molar-refractivity contribution >= 4 is 11.7 Å². The second-order valence-corrected chi connectivity index (χ2v) is 7.46. The van der Waals surface area contributed by atoms with E-state index in [2.05, 4.69) is 5.16 Å². The van der Waals surface area contributed by atoms with Gasteiger partial charge in [0.1, 0.15) is 6.61 Å². The first-order valence-electron chi connectivity index (χ1n) is 10.1. The lowest BCUT2D eigenvalue weighted by Crippen LogP contribution is -2.30. The molecule has 1 aliphatic rings. The number of methoxy groups -OCH3 is 1. The zero-order valence-corrected chi connectivity index (χ0v) is 17.7. The number of ketones is 1. The average Bonchev–Trinajstić information content (AvgIpc) is 3.25. The summed E-state index contributed by atoms with van der Waals surface area (Å²) in [6.07, 6.45) is 3.05. The van der Waals surface area contributed by atoms with Gasteiger partial charge in [0.2, 0.25) is 0 Å². The number of rotatable bonds is 9. The van der Waals surface area contributed by atoms with Crippen molar-refractivity contribution in [3.63, 3.8) is 0 Å².